The highest BCUT2D eigenvalue weighted by atomic mass is 35.5. The number of hydrogen-bond donors (Lipinski definition) is 0. The number of amides is 1. The topological polar surface area (TPSA) is 20.3 Å². The fraction of sp³-hybridized carbons (Fsp3) is 0.500. The molecule has 0 saturated heterocycles. The molecule has 0 atom stereocenters. The molecule has 0 unspecified atom stereocenters. The summed E-state index contributed by atoms with van der Waals surface area (Å²) < 4.78 is 51.3. The molecule has 1 saturated carbocycles. The van der Waals surface area contributed by atoms with Gasteiger partial charge < -0.3 is 4.90 Å². The Bertz CT molecular complexity index is 528. The summed E-state index contributed by atoms with van der Waals surface area (Å²) in [5.74, 6) is -1.72. The van der Waals surface area contributed by atoms with E-state index in [-0.39, 0.29) is 24.0 Å². The second kappa shape index (κ2) is 6.22. The van der Waals surface area contributed by atoms with E-state index in [1.807, 2.05) is 0 Å². The van der Waals surface area contributed by atoms with Gasteiger partial charge in [-0.3, -0.25) is 4.79 Å². The molecule has 2 nitrogen and oxygen atoms in total. The van der Waals surface area contributed by atoms with Crippen molar-refractivity contribution in [1.82, 2.24) is 4.90 Å². The molecule has 0 radical (unpaired) electrons. The van der Waals surface area contributed by atoms with Crippen molar-refractivity contribution >= 4 is 17.5 Å². The van der Waals surface area contributed by atoms with E-state index in [4.69, 9.17) is 11.6 Å². The molecule has 21 heavy (non-hydrogen) atoms. The normalized spacial score (nSPS) is 15.7. The van der Waals surface area contributed by atoms with Crippen LogP contribution in [0.5, 0.6) is 0 Å². The van der Waals surface area contributed by atoms with Crippen molar-refractivity contribution in [1.29, 1.82) is 0 Å². The van der Waals surface area contributed by atoms with Crippen molar-refractivity contribution in [2.75, 3.05) is 12.4 Å². The first-order chi connectivity index (χ1) is 9.84. The van der Waals surface area contributed by atoms with Gasteiger partial charge in [0.2, 0.25) is 0 Å². The van der Waals surface area contributed by atoms with E-state index in [1.165, 1.54) is 4.90 Å². The lowest BCUT2D eigenvalue weighted by molar-refractivity contribution is -0.140. The molecular formula is C14H14ClF4NO. The molecule has 7 heteroatoms. The SMILES string of the molecule is O=C(c1ccc(F)c(C(F)(F)F)c1)N(CCCl)C1CCC1. The molecule has 0 N–H and O–H groups in total. The van der Waals surface area contributed by atoms with Gasteiger partial charge in [-0.1, -0.05) is 0 Å². The lowest BCUT2D eigenvalue weighted by Gasteiger charge is -2.37. The minimum Gasteiger partial charge on any atom is -0.334 e. The van der Waals surface area contributed by atoms with Crippen LogP contribution in [-0.4, -0.2) is 29.3 Å². The first-order valence-electron chi connectivity index (χ1n) is 6.58. The van der Waals surface area contributed by atoms with Gasteiger partial charge in [0.1, 0.15) is 5.82 Å². The fourth-order valence-corrected chi connectivity index (χ4v) is 2.46. The van der Waals surface area contributed by atoms with Gasteiger partial charge in [-0.25, -0.2) is 4.39 Å². The van der Waals surface area contributed by atoms with Crippen molar-refractivity contribution in [3.63, 3.8) is 0 Å². The molecular weight excluding hydrogens is 310 g/mol. The van der Waals surface area contributed by atoms with Gasteiger partial charge in [-0.2, -0.15) is 13.2 Å². The second-order valence-electron chi connectivity index (χ2n) is 4.96. The first kappa shape index (κ1) is 16.1. The predicted molar refractivity (Wildman–Crippen MR) is 70.8 cm³/mol. The predicted octanol–water partition coefficient (Wildman–Crippen LogP) is 4.08. The monoisotopic (exact) mass is 323 g/mol. The molecule has 116 valence electrons. The van der Waals surface area contributed by atoms with Gasteiger partial charge in [0.05, 0.1) is 5.56 Å². The van der Waals surface area contributed by atoms with Crippen LogP contribution in [0.2, 0.25) is 0 Å². The van der Waals surface area contributed by atoms with Crippen LogP contribution in [0.4, 0.5) is 17.6 Å². The number of rotatable bonds is 4. The second-order valence-corrected chi connectivity index (χ2v) is 5.34. The van der Waals surface area contributed by atoms with Gasteiger partial charge >= 0.3 is 6.18 Å². The smallest absolute Gasteiger partial charge is 0.334 e. The third-order valence-corrected chi connectivity index (χ3v) is 3.79. The van der Waals surface area contributed by atoms with Crippen molar-refractivity contribution < 1.29 is 22.4 Å². The molecule has 1 aromatic carbocycles. The van der Waals surface area contributed by atoms with Crippen molar-refractivity contribution in [3.8, 4) is 0 Å². The molecule has 2 rings (SSSR count). The van der Waals surface area contributed by atoms with Crippen molar-refractivity contribution in [2.45, 2.75) is 31.5 Å². The Hall–Kier alpha value is -1.30. The van der Waals surface area contributed by atoms with E-state index in [1.54, 1.807) is 0 Å². The Morgan fingerprint density at radius 3 is 2.48 bits per heavy atom. The third kappa shape index (κ3) is 3.48. The summed E-state index contributed by atoms with van der Waals surface area (Å²) in [6.07, 6.45) is -2.21. The molecule has 1 aliphatic rings. The summed E-state index contributed by atoms with van der Waals surface area (Å²) in [5.41, 5.74) is -1.59. The molecule has 0 aromatic heterocycles. The Morgan fingerprint density at radius 1 is 1.33 bits per heavy atom. The van der Waals surface area contributed by atoms with Crippen LogP contribution in [0.15, 0.2) is 18.2 Å². The van der Waals surface area contributed by atoms with E-state index < -0.39 is 23.5 Å². The molecule has 1 aromatic rings. The molecule has 1 fully saturated rings. The number of benzene rings is 1. The van der Waals surface area contributed by atoms with E-state index in [0.29, 0.717) is 12.1 Å². The summed E-state index contributed by atoms with van der Waals surface area (Å²) in [6.45, 7) is 0.268. The summed E-state index contributed by atoms with van der Waals surface area (Å²) in [5, 5.41) is 0. The average Bonchev–Trinajstić information content (AvgIpc) is 2.34. The van der Waals surface area contributed by atoms with Gasteiger partial charge in [0.15, 0.2) is 0 Å². The van der Waals surface area contributed by atoms with Gasteiger partial charge in [0, 0.05) is 24.0 Å². The van der Waals surface area contributed by atoms with Crippen LogP contribution in [0.3, 0.4) is 0 Å². The maximum atomic E-state index is 13.2. The zero-order valence-corrected chi connectivity index (χ0v) is 11.8. The van der Waals surface area contributed by atoms with Crippen LogP contribution in [0.1, 0.15) is 35.2 Å². The lowest BCUT2D eigenvalue weighted by atomic mass is 9.91. The van der Waals surface area contributed by atoms with E-state index in [0.717, 1.165) is 25.3 Å². The van der Waals surface area contributed by atoms with E-state index in [2.05, 4.69) is 0 Å². The fourth-order valence-electron chi connectivity index (χ4n) is 2.28. The standard InChI is InChI=1S/C14H14ClF4NO/c15-6-7-20(10-2-1-3-10)13(21)9-4-5-12(16)11(8-9)14(17,18)19/h4-5,8,10H,1-3,6-7H2. The minimum atomic E-state index is -4.83. The molecule has 1 aliphatic carbocycles. The maximum Gasteiger partial charge on any atom is 0.419 e. The summed E-state index contributed by atoms with van der Waals surface area (Å²) in [4.78, 5) is 13.8. The van der Waals surface area contributed by atoms with Crippen molar-refractivity contribution in [2.24, 2.45) is 0 Å². The van der Waals surface area contributed by atoms with Crippen LogP contribution in [0, 0.1) is 5.82 Å². The molecule has 1 amide bonds. The summed E-state index contributed by atoms with van der Waals surface area (Å²) in [6, 6.07) is 2.33. The third-order valence-electron chi connectivity index (χ3n) is 3.62. The number of nitrogens with zero attached hydrogens (tertiary/aromatic N) is 1. The van der Waals surface area contributed by atoms with Gasteiger partial charge in [0.25, 0.3) is 5.91 Å². The number of alkyl halides is 4. The highest BCUT2D eigenvalue weighted by molar-refractivity contribution is 6.18. The van der Waals surface area contributed by atoms with Crippen LogP contribution in [0.25, 0.3) is 0 Å². The number of hydrogen-bond acceptors (Lipinski definition) is 1. The maximum absolute atomic E-state index is 13.2. The first-order valence-corrected chi connectivity index (χ1v) is 7.11. The molecule has 0 spiro atoms. The Kier molecular flexibility index (Phi) is 4.76. The highest BCUT2D eigenvalue weighted by Gasteiger charge is 2.36. The quantitative estimate of drug-likeness (QED) is 0.604. The van der Waals surface area contributed by atoms with Gasteiger partial charge in [-0.15, -0.1) is 11.6 Å². The Balaban J connectivity index is 2.29. The lowest BCUT2D eigenvalue weighted by Crippen LogP contribution is -2.45. The molecule has 0 aliphatic heterocycles. The van der Waals surface area contributed by atoms with Crippen LogP contribution < -0.4 is 0 Å². The van der Waals surface area contributed by atoms with Gasteiger partial charge in [-0.05, 0) is 37.5 Å². The van der Waals surface area contributed by atoms with Crippen LogP contribution >= 0.6 is 11.6 Å². The minimum absolute atomic E-state index is 0.00985. The van der Waals surface area contributed by atoms with E-state index >= 15 is 0 Å². The largest absolute Gasteiger partial charge is 0.419 e. The van der Waals surface area contributed by atoms with Crippen molar-refractivity contribution in [3.05, 3.63) is 35.1 Å². The number of carbonyl (C=O) groups is 1. The number of carbonyl (C=O) groups excluding carboxylic acids is 1. The summed E-state index contributed by atoms with van der Waals surface area (Å²) in [7, 11) is 0. The summed E-state index contributed by atoms with van der Waals surface area (Å²) >= 11 is 5.65. The van der Waals surface area contributed by atoms with Crippen LogP contribution in [-0.2, 0) is 6.18 Å². The zero-order valence-electron chi connectivity index (χ0n) is 11.1. The zero-order chi connectivity index (χ0) is 15.6. The van der Waals surface area contributed by atoms with E-state index in [9.17, 15) is 22.4 Å². The highest BCUT2D eigenvalue weighted by Crippen LogP contribution is 2.33. The average molecular weight is 324 g/mol. The molecule has 0 heterocycles. The Morgan fingerprint density at radius 2 is 2.00 bits per heavy atom. The number of halogens is 5. The Labute approximate surface area is 124 Å². The molecule has 0 bridgehead atoms.